The smallest absolute Gasteiger partial charge is 0.236 e. The van der Waals surface area contributed by atoms with Gasteiger partial charge in [0, 0.05) is 5.56 Å². The summed E-state index contributed by atoms with van der Waals surface area (Å²) in [6.45, 7) is 0. The fourth-order valence-corrected chi connectivity index (χ4v) is 1.84. The van der Waals surface area contributed by atoms with Crippen LogP contribution in [0.15, 0.2) is 22.3 Å². The maximum Gasteiger partial charge on any atom is 0.236 e. The topological polar surface area (TPSA) is 115 Å². The average Bonchev–Trinajstić information content (AvgIpc) is 2.75. The van der Waals surface area contributed by atoms with Crippen LogP contribution in [0.25, 0.3) is 0 Å². The lowest BCUT2D eigenvalue weighted by atomic mass is 10.2. The van der Waals surface area contributed by atoms with Gasteiger partial charge in [0.1, 0.15) is 0 Å². The lowest BCUT2D eigenvalue weighted by molar-refractivity contribution is -0.116. The number of carbonyl (C=O) groups is 1. The van der Waals surface area contributed by atoms with Crippen molar-refractivity contribution in [3.8, 4) is 17.2 Å². The highest BCUT2D eigenvalue weighted by Crippen LogP contribution is 2.36. The summed E-state index contributed by atoms with van der Waals surface area (Å²) >= 11 is 1.22. The van der Waals surface area contributed by atoms with Crippen LogP contribution in [0, 0.1) is 0 Å². The number of nitrogens with zero attached hydrogens (tertiary/aromatic N) is 2. The number of phenols is 3. The first-order valence-corrected chi connectivity index (χ1v) is 5.84. The molecule has 1 aliphatic rings. The number of amidine groups is 1. The molecule has 7 nitrogen and oxygen atoms in total. The highest BCUT2D eigenvalue weighted by Gasteiger charge is 2.16. The normalized spacial score (nSPS) is 17.6. The molecule has 1 aliphatic heterocycles. The lowest BCUT2D eigenvalue weighted by Gasteiger charge is -2.02. The van der Waals surface area contributed by atoms with E-state index in [1.807, 2.05) is 0 Å². The van der Waals surface area contributed by atoms with E-state index in [-0.39, 0.29) is 11.5 Å². The molecular weight excluding hydrogens is 258 g/mol. The minimum absolute atomic E-state index is 0.140. The lowest BCUT2D eigenvalue weighted by Crippen LogP contribution is -2.19. The fourth-order valence-electron chi connectivity index (χ4n) is 1.21. The number of amides is 1. The number of nitrogens with one attached hydrogen (secondary N) is 1. The van der Waals surface area contributed by atoms with Crippen LogP contribution in [-0.2, 0) is 4.79 Å². The number of hydrogen-bond donors (Lipinski definition) is 4. The molecule has 18 heavy (non-hydrogen) atoms. The van der Waals surface area contributed by atoms with Gasteiger partial charge in [-0.05, 0) is 12.1 Å². The molecule has 1 aromatic rings. The van der Waals surface area contributed by atoms with Gasteiger partial charge < -0.3 is 20.6 Å². The first kappa shape index (κ1) is 12.2. The maximum absolute atomic E-state index is 10.9. The molecule has 94 valence electrons. The third kappa shape index (κ3) is 2.54. The van der Waals surface area contributed by atoms with Crippen molar-refractivity contribution in [2.24, 2.45) is 10.2 Å². The summed E-state index contributed by atoms with van der Waals surface area (Å²) < 4.78 is 0. The molecule has 1 heterocycles. The molecular formula is C10H9N3O4S. The summed E-state index contributed by atoms with van der Waals surface area (Å²) in [6.07, 6.45) is 1.20. The highest BCUT2D eigenvalue weighted by molar-refractivity contribution is 8.15. The van der Waals surface area contributed by atoms with Gasteiger partial charge in [-0.1, -0.05) is 11.8 Å². The van der Waals surface area contributed by atoms with Crippen LogP contribution in [0.5, 0.6) is 17.2 Å². The summed E-state index contributed by atoms with van der Waals surface area (Å²) in [6, 6.07) is 2.59. The first-order valence-electron chi connectivity index (χ1n) is 4.85. The Morgan fingerprint density at radius 3 is 2.72 bits per heavy atom. The van der Waals surface area contributed by atoms with E-state index in [4.69, 9.17) is 5.11 Å². The van der Waals surface area contributed by atoms with Crippen molar-refractivity contribution < 1.29 is 20.1 Å². The van der Waals surface area contributed by atoms with Crippen molar-refractivity contribution >= 4 is 29.1 Å². The second kappa shape index (κ2) is 4.96. The van der Waals surface area contributed by atoms with Gasteiger partial charge >= 0.3 is 0 Å². The summed E-state index contributed by atoms with van der Waals surface area (Å²) in [5.41, 5.74) is 0.198. The quantitative estimate of drug-likeness (QED) is 0.351. The Hall–Kier alpha value is -2.22. The first-order chi connectivity index (χ1) is 8.58. The second-order valence-corrected chi connectivity index (χ2v) is 4.32. The number of rotatable bonds is 2. The Kier molecular flexibility index (Phi) is 3.38. The summed E-state index contributed by atoms with van der Waals surface area (Å²) in [5.74, 6) is -1.36. The van der Waals surface area contributed by atoms with Crippen LogP contribution in [0.2, 0.25) is 0 Å². The fraction of sp³-hybridized carbons (Fsp3) is 0.100. The summed E-state index contributed by atoms with van der Waals surface area (Å²) in [5, 5.41) is 38.1. The van der Waals surface area contributed by atoms with Crippen LogP contribution in [0.4, 0.5) is 0 Å². The largest absolute Gasteiger partial charge is 0.504 e. The van der Waals surface area contributed by atoms with Crippen molar-refractivity contribution in [1.82, 2.24) is 5.32 Å². The van der Waals surface area contributed by atoms with E-state index in [0.717, 1.165) is 0 Å². The summed E-state index contributed by atoms with van der Waals surface area (Å²) in [4.78, 5) is 10.9. The molecule has 0 unspecified atom stereocenters. The predicted molar refractivity (Wildman–Crippen MR) is 67.1 cm³/mol. The van der Waals surface area contributed by atoms with Crippen molar-refractivity contribution in [1.29, 1.82) is 0 Å². The zero-order chi connectivity index (χ0) is 13.1. The number of phenolic OH excluding ortho intramolecular Hbond substituents is 3. The average molecular weight is 267 g/mol. The van der Waals surface area contributed by atoms with Crippen LogP contribution >= 0.6 is 11.8 Å². The standard InChI is InChI=1S/C10H9N3O4S/c14-6-2-1-5(8(16)9(6)17)3-11-13-10-12-7(15)4-18-10/h1-3,14,16-17H,4H2,(H,12,13,15). The molecule has 1 amide bonds. The van der Waals surface area contributed by atoms with Crippen LogP contribution in [0.3, 0.4) is 0 Å². The molecule has 0 aromatic heterocycles. The number of carbonyl (C=O) groups excluding carboxylic acids is 1. The van der Waals surface area contributed by atoms with Gasteiger partial charge in [-0.2, -0.15) is 5.10 Å². The van der Waals surface area contributed by atoms with Gasteiger partial charge in [0.15, 0.2) is 16.7 Å². The Labute approximate surface area is 106 Å². The van der Waals surface area contributed by atoms with E-state index < -0.39 is 17.2 Å². The SMILES string of the molecule is O=C1CSC(=NN=Cc2ccc(O)c(O)c2O)N1. The molecule has 0 bridgehead atoms. The Morgan fingerprint density at radius 2 is 2.06 bits per heavy atom. The van der Waals surface area contributed by atoms with E-state index in [1.165, 1.54) is 30.1 Å². The molecule has 4 N–H and O–H groups in total. The molecule has 8 heteroatoms. The van der Waals surface area contributed by atoms with E-state index >= 15 is 0 Å². The van der Waals surface area contributed by atoms with Crippen molar-refractivity contribution in [3.05, 3.63) is 17.7 Å². The van der Waals surface area contributed by atoms with Gasteiger partial charge in [0.2, 0.25) is 11.7 Å². The monoisotopic (exact) mass is 267 g/mol. The zero-order valence-electron chi connectivity index (χ0n) is 8.99. The Morgan fingerprint density at radius 1 is 1.28 bits per heavy atom. The third-order valence-electron chi connectivity index (χ3n) is 2.09. The van der Waals surface area contributed by atoms with Gasteiger partial charge in [0.25, 0.3) is 0 Å². The van der Waals surface area contributed by atoms with Crippen LogP contribution in [-0.4, -0.2) is 38.4 Å². The second-order valence-electron chi connectivity index (χ2n) is 3.36. The number of aromatic hydroxyl groups is 3. The Bertz CT molecular complexity index is 556. The molecule has 0 saturated carbocycles. The molecule has 1 aromatic carbocycles. The molecule has 0 spiro atoms. The third-order valence-corrected chi connectivity index (χ3v) is 2.96. The van der Waals surface area contributed by atoms with E-state index in [0.29, 0.717) is 10.9 Å². The van der Waals surface area contributed by atoms with E-state index in [9.17, 15) is 15.0 Å². The van der Waals surface area contributed by atoms with E-state index in [1.54, 1.807) is 0 Å². The van der Waals surface area contributed by atoms with Gasteiger partial charge in [-0.15, -0.1) is 5.10 Å². The van der Waals surface area contributed by atoms with E-state index in [2.05, 4.69) is 15.5 Å². The number of thioether (sulfide) groups is 1. The van der Waals surface area contributed by atoms with Gasteiger partial charge in [-0.3, -0.25) is 4.79 Å². The summed E-state index contributed by atoms with van der Waals surface area (Å²) in [7, 11) is 0. The molecule has 0 atom stereocenters. The van der Waals surface area contributed by atoms with Gasteiger partial charge in [-0.25, -0.2) is 0 Å². The minimum atomic E-state index is -0.616. The molecule has 1 saturated heterocycles. The van der Waals surface area contributed by atoms with Crippen molar-refractivity contribution in [3.63, 3.8) is 0 Å². The molecule has 2 rings (SSSR count). The van der Waals surface area contributed by atoms with Crippen molar-refractivity contribution in [2.75, 3.05) is 5.75 Å². The number of hydrogen-bond acceptors (Lipinski definition) is 7. The molecule has 0 radical (unpaired) electrons. The van der Waals surface area contributed by atoms with Crippen LogP contribution < -0.4 is 5.32 Å². The zero-order valence-corrected chi connectivity index (χ0v) is 9.81. The maximum atomic E-state index is 10.9. The van der Waals surface area contributed by atoms with Crippen LogP contribution in [0.1, 0.15) is 5.56 Å². The highest BCUT2D eigenvalue weighted by atomic mass is 32.2. The minimum Gasteiger partial charge on any atom is -0.504 e. The predicted octanol–water partition coefficient (Wildman–Crippen LogP) is 0.356. The number of benzene rings is 1. The molecule has 0 aliphatic carbocycles. The van der Waals surface area contributed by atoms with Gasteiger partial charge in [0.05, 0.1) is 12.0 Å². The van der Waals surface area contributed by atoms with Crippen molar-refractivity contribution in [2.45, 2.75) is 0 Å². The Balaban J connectivity index is 2.15. The molecule has 1 fully saturated rings.